The fourth-order valence-electron chi connectivity index (χ4n) is 3.59. The number of rotatable bonds is 7. The van der Waals surface area contributed by atoms with Crippen molar-refractivity contribution in [3.8, 4) is 17.1 Å². The van der Waals surface area contributed by atoms with Crippen LogP contribution in [0, 0.1) is 5.92 Å². The summed E-state index contributed by atoms with van der Waals surface area (Å²) in [5, 5.41) is 3.93. The molecule has 0 unspecified atom stereocenters. The van der Waals surface area contributed by atoms with E-state index < -0.39 is 6.61 Å². The van der Waals surface area contributed by atoms with E-state index in [9.17, 15) is 8.78 Å². The highest BCUT2D eigenvalue weighted by Gasteiger charge is 2.22. The van der Waals surface area contributed by atoms with Crippen LogP contribution in [0.4, 0.5) is 14.5 Å². The van der Waals surface area contributed by atoms with Gasteiger partial charge < -0.3 is 15.0 Å². The molecule has 1 N–H and O–H groups in total. The Bertz CT molecular complexity index is 767. The van der Waals surface area contributed by atoms with E-state index in [0.717, 1.165) is 36.6 Å². The van der Waals surface area contributed by atoms with E-state index in [1.54, 1.807) is 12.3 Å². The SMILES string of the molecule is CN(C)CC1CCC(Nc2cc(Cl)ncc2-c2cnc(OC(F)F)cn2)CC1. The van der Waals surface area contributed by atoms with Crippen molar-refractivity contribution in [1.82, 2.24) is 19.9 Å². The Kier molecular flexibility index (Phi) is 6.96. The van der Waals surface area contributed by atoms with Gasteiger partial charge in [0.05, 0.1) is 18.1 Å². The number of alkyl halides is 2. The predicted molar refractivity (Wildman–Crippen MR) is 105 cm³/mol. The Hall–Kier alpha value is -2.06. The summed E-state index contributed by atoms with van der Waals surface area (Å²) in [6.45, 7) is -1.82. The second kappa shape index (κ2) is 9.43. The second-order valence-corrected chi connectivity index (χ2v) is 7.68. The van der Waals surface area contributed by atoms with Crippen LogP contribution in [0.3, 0.4) is 0 Å². The quantitative estimate of drug-likeness (QED) is 0.684. The summed E-state index contributed by atoms with van der Waals surface area (Å²) in [6.07, 6.45) is 8.66. The molecule has 1 aliphatic rings. The van der Waals surface area contributed by atoms with Crippen LogP contribution in [0.2, 0.25) is 5.15 Å². The van der Waals surface area contributed by atoms with Crippen LogP contribution in [0.5, 0.6) is 5.88 Å². The Morgan fingerprint density at radius 3 is 2.50 bits per heavy atom. The van der Waals surface area contributed by atoms with E-state index >= 15 is 0 Å². The van der Waals surface area contributed by atoms with Crippen molar-refractivity contribution < 1.29 is 13.5 Å². The smallest absolute Gasteiger partial charge is 0.388 e. The van der Waals surface area contributed by atoms with E-state index in [2.05, 4.69) is 44.0 Å². The van der Waals surface area contributed by atoms with Crippen molar-refractivity contribution in [2.24, 2.45) is 5.92 Å². The van der Waals surface area contributed by atoms with Crippen molar-refractivity contribution in [1.29, 1.82) is 0 Å². The summed E-state index contributed by atoms with van der Waals surface area (Å²) in [6, 6.07) is 2.10. The zero-order valence-electron chi connectivity index (χ0n) is 15.9. The molecule has 2 aromatic rings. The Morgan fingerprint density at radius 1 is 1.14 bits per heavy atom. The maximum Gasteiger partial charge on any atom is 0.388 e. The molecular weight excluding hydrogens is 388 g/mol. The summed E-state index contributed by atoms with van der Waals surface area (Å²) in [7, 11) is 4.21. The Balaban J connectivity index is 1.71. The zero-order chi connectivity index (χ0) is 20.1. The molecule has 9 heteroatoms. The number of halogens is 3. The van der Waals surface area contributed by atoms with Crippen molar-refractivity contribution in [2.45, 2.75) is 38.3 Å². The lowest BCUT2D eigenvalue weighted by Gasteiger charge is -2.31. The van der Waals surface area contributed by atoms with Crippen molar-refractivity contribution in [2.75, 3.05) is 26.0 Å². The number of nitrogens with zero attached hydrogens (tertiary/aromatic N) is 4. The van der Waals surface area contributed by atoms with Crippen LogP contribution in [0.15, 0.2) is 24.7 Å². The average Bonchev–Trinajstić information content (AvgIpc) is 2.63. The maximum atomic E-state index is 12.3. The molecule has 0 amide bonds. The van der Waals surface area contributed by atoms with Gasteiger partial charge in [0.2, 0.25) is 5.88 Å². The van der Waals surface area contributed by atoms with Gasteiger partial charge in [-0.3, -0.25) is 0 Å². The number of anilines is 1. The summed E-state index contributed by atoms with van der Waals surface area (Å²) >= 11 is 6.09. The first kappa shape index (κ1) is 20.7. The number of hydrogen-bond acceptors (Lipinski definition) is 6. The van der Waals surface area contributed by atoms with Gasteiger partial charge in [0, 0.05) is 30.0 Å². The molecule has 0 saturated heterocycles. The molecule has 2 aromatic heterocycles. The van der Waals surface area contributed by atoms with E-state index in [1.165, 1.54) is 25.2 Å². The predicted octanol–water partition coefficient (Wildman–Crippen LogP) is 4.33. The standard InChI is InChI=1S/C19H24ClF2N5O/c1-27(2)11-12-3-5-13(6-4-12)26-15-7-17(20)24-8-14(15)16-9-25-18(10-23-16)28-19(21)22/h7-10,12-13,19H,3-6,11H2,1-2H3,(H,24,26). The van der Waals surface area contributed by atoms with E-state index in [-0.39, 0.29) is 5.88 Å². The molecule has 1 saturated carbocycles. The highest BCUT2D eigenvalue weighted by molar-refractivity contribution is 6.29. The van der Waals surface area contributed by atoms with Crippen LogP contribution in [-0.2, 0) is 0 Å². The molecular formula is C19H24ClF2N5O. The monoisotopic (exact) mass is 411 g/mol. The lowest BCUT2D eigenvalue weighted by atomic mass is 9.85. The summed E-state index contributed by atoms with van der Waals surface area (Å²) in [4.78, 5) is 14.4. The maximum absolute atomic E-state index is 12.3. The molecule has 1 fully saturated rings. The molecule has 0 aromatic carbocycles. The molecule has 0 radical (unpaired) electrons. The lowest BCUT2D eigenvalue weighted by Crippen LogP contribution is -2.31. The van der Waals surface area contributed by atoms with Gasteiger partial charge in [-0.1, -0.05) is 11.6 Å². The number of ether oxygens (including phenoxy) is 1. The topological polar surface area (TPSA) is 63.2 Å². The molecule has 6 nitrogen and oxygen atoms in total. The molecule has 1 aliphatic carbocycles. The van der Waals surface area contributed by atoms with Crippen LogP contribution in [0.1, 0.15) is 25.7 Å². The summed E-state index contributed by atoms with van der Waals surface area (Å²) in [5.41, 5.74) is 2.04. The Labute approximate surface area is 168 Å². The van der Waals surface area contributed by atoms with Crippen LogP contribution < -0.4 is 10.1 Å². The molecule has 3 rings (SSSR count). The van der Waals surface area contributed by atoms with E-state index in [0.29, 0.717) is 16.9 Å². The van der Waals surface area contributed by atoms with Gasteiger partial charge in [-0.2, -0.15) is 8.78 Å². The fraction of sp³-hybridized carbons (Fsp3) is 0.526. The number of nitrogens with one attached hydrogen (secondary N) is 1. The first-order valence-corrected chi connectivity index (χ1v) is 9.62. The van der Waals surface area contributed by atoms with Crippen LogP contribution in [-0.4, -0.2) is 53.1 Å². The van der Waals surface area contributed by atoms with Crippen molar-refractivity contribution in [3.05, 3.63) is 29.8 Å². The number of pyridine rings is 1. The van der Waals surface area contributed by atoms with Crippen molar-refractivity contribution in [3.63, 3.8) is 0 Å². The zero-order valence-corrected chi connectivity index (χ0v) is 16.7. The van der Waals surface area contributed by atoms with Crippen LogP contribution >= 0.6 is 11.6 Å². The lowest BCUT2D eigenvalue weighted by molar-refractivity contribution is -0.0530. The third-order valence-electron chi connectivity index (χ3n) is 4.81. The first-order chi connectivity index (χ1) is 13.4. The van der Waals surface area contributed by atoms with Gasteiger partial charge in [-0.15, -0.1) is 0 Å². The third-order valence-corrected chi connectivity index (χ3v) is 5.02. The van der Waals surface area contributed by atoms with E-state index in [4.69, 9.17) is 11.6 Å². The minimum atomic E-state index is -2.93. The van der Waals surface area contributed by atoms with Gasteiger partial charge in [-0.05, 0) is 51.8 Å². The summed E-state index contributed by atoms with van der Waals surface area (Å²) < 4.78 is 28.8. The van der Waals surface area contributed by atoms with Gasteiger partial charge in [0.1, 0.15) is 5.15 Å². The molecule has 0 aliphatic heterocycles. The highest BCUT2D eigenvalue weighted by Crippen LogP contribution is 2.32. The van der Waals surface area contributed by atoms with Crippen LogP contribution in [0.25, 0.3) is 11.3 Å². The molecule has 152 valence electrons. The number of aromatic nitrogens is 3. The normalized spacial score (nSPS) is 19.8. The first-order valence-electron chi connectivity index (χ1n) is 9.24. The van der Waals surface area contributed by atoms with Gasteiger partial charge in [0.25, 0.3) is 0 Å². The molecule has 28 heavy (non-hydrogen) atoms. The highest BCUT2D eigenvalue weighted by atomic mass is 35.5. The molecule has 0 spiro atoms. The minimum absolute atomic E-state index is 0.227. The summed E-state index contributed by atoms with van der Waals surface area (Å²) in [5.74, 6) is 0.496. The van der Waals surface area contributed by atoms with Gasteiger partial charge in [0.15, 0.2) is 0 Å². The van der Waals surface area contributed by atoms with Gasteiger partial charge in [-0.25, -0.2) is 15.0 Å². The molecule has 2 heterocycles. The molecule has 0 bridgehead atoms. The van der Waals surface area contributed by atoms with Gasteiger partial charge >= 0.3 is 6.61 Å². The molecule has 0 atom stereocenters. The average molecular weight is 412 g/mol. The minimum Gasteiger partial charge on any atom is -0.415 e. The van der Waals surface area contributed by atoms with Crippen molar-refractivity contribution >= 4 is 17.3 Å². The largest absolute Gasteiger partial charge is 0.415 e. The Morgan fingerprint density at radius 2 is 1.89 bits per heavy atom. The second-order valence-electron chi connectivity index (χ2n) is 7.30. The third kappa shape index (κ3) is 5.72. The van der Waals surface area contributed by atoms with E-state index in [1.807, 2.05) is 0 Å². The number of hydrogen-bond donors (Lipinski definition) is 1. The fourth-order valence-corrected chi connectivity index (χ4v) is 3.74.